The summed E-state index contributed by atoms with van der Waals surface area (Å²) in [4.78, 5) is 57.1. The summed E-state index contributed by atoms with van der Waals surface area (Å²) in [5.74, 6) is -2.44. The fourth-order valence-corrected chi connectivity index (χ4v) is 4.39. The third kappa shape index (κ3) is 7.99. The summed E-state index contributed by atoms with van der Waals surface area (Å²) in [5, 5.41) is 10.9. The molecule has 13 heteroatoms. The Kier molecular flexibility index (Phi) is 9.81. The number of nitro groups is 1. The van der Waals surface area contributed by atoms with Crippen LogP contribution in [0.15, 0.2) is 24.3 Å². The summed E-state index contributed by atoms with van der Waals surface area (Å²) in [7, 11) is 0. The number of hydrogen-bond acceptors (Lipinski definition) is 12. The highest BCUT2D eigenvalue weighted by molar-refractivity contribution is 7.99. The van der Waals surface area contributed by atoms with E-state index in [1.807, 2.05) is 0 Å². The maximum Gasteiger partial charge on any atom is 0.303 e. The third-order valence-corrected chi connectivity index (χ3v) is 5.72. The van der Waals surface area contributed by atoms with Crippen molar-refractivity contribution in [2.75, 3.05) is 6.61 Å². The first-order valence-corrected chi connectivity index (χ1v) is 11.2. The molecule has 0 amide bonds. The van der Waals surface area contributed by atoms with Gasteiger partial charge in [0.2, 0.25) is 0 Å². The SMILES string of the molecule is CC(=O)OCC1OC(SCc2ccc([N+](=O)[O-])cc2)C(OC(C)=O)C(OC(C)=O)C1OC(C)=O. The molecule has 1 aliphatic heterocycles. The molecule has 1 heterocycles. The molecule has 5 atom stereocenters. The molecular weight excluding hydrogens is 474 g/mol. The quantitative estimate of drug-likeness (QED) is 0.211. The van der Waals surface area contributed by atoms with Crippen molar-refractivity contribution in [1.29, 1.82) is 0 Å². The summed E-state index contributed by atoms with van der Waals surface area (Å²) in [5.41, 5.74) is -0.277. The average Bonchev–Trinajstić information content (AvgIpc) is 2.73. The van der Waals surface area contributed by atoms with Crippen LogP contribution in [0, 0.1) is 10.1 Å². The zero-order valence-corrected chi connectivity index (χ0v) is 19.8. The Hall–Kier alpha value is -3.19. The molecule has 1 aliphatic rings. The molecule has 0 N–H and O–H groups in total. The van der Waals surface area contributed by atoms with Crippen LogP contribution in [0.4, 0.5) is 5.69 Å². The van der Waals surface area contributed by atoms with Crippen molar-refractivity contribution in [3.8, 4) is 0 Å². The van der Waals surface area contributed by atoms with Gasteiger partial charge in [-0.1, -0.05) is 12.1 Å². The highest BCUT2D eigenvalue weighted by Gasteiger charge is 2.52. The minimum Gasteiger partial charge on any atom is -0.463 e. The summed E-state index contributed by atoms with van der Waals surface area (Å²) in [6.07, 6.45) is -4.66. The number of nitrogens with zero attached hydrogens (tertiary/aromatic N) is 1. The van der Waals surface area contributed by atoms with E-state index in [9.17, 15) is 29.3 Å². The molecule has 12 nitrogen and oxygen atoms in total. The van der Waals surface area contributed by atoms with Gasteiger partial charge in [-0.2, -0.15) is 0 Å². The number of esters is 4. The van der Waals surface area contributed by atoms with Gasteiger partial charge in [-0.05, 0) is 5.56 Å². The zero-order valence-electron chi connectivity index (χ0n) is 19.0. The van der Waals surface area contributed by atoms with E-state index in [2.05, 4.69) is 0 Å². The van der Waals surface area contributed by atoms with Gasteiger partial charge in [0.1, 0.15) is 18.1 Å². The topological polar surface area (TPSA) is 158 Å². The lowest BCUT2D eigenvalue weighted by Gasteiger charge is -2.44. The molecule has 1 saturated heterocycles. The van der Waals surface area contributed by atoms with E-state index in [0.717, 1.165) is 32.5 Å². The van der Waals surface area contributed by atoms with E-state index >= 15 is 0 Å². The average molecular weight is 499 g/mol. The number of benzene rings is 1. The van der Waals surface area contributed by atoms with E-state index < -0.39 is 58.7 Å². The molecule has 0 spiro atoms. The Labute approximate surface area is 199 Å². The highest BCUT2D eigenvalue weighted by atomic mass is 32.2. The monoisotopic (exact) mass is 499 g/mol. The number of non-ortho nitro benzene ring substituents is 1. The first kappa shape index (κ1) is 27.1. The van der Waals surface area contributed by atoms with Crippen LogP contribution in [0.3, 0.4) is 0 Å². The van der Waals surface area contributed by atoms with Crippen molar-refractivity contribution < 1.29 is 47.8 Å². The Morgan fingerprint density at radius 2 is 1.41 bits per heavy atom. The van der Waals surface area contributed by atoms with Crippen LogP contribution in [-0.2, 0) is 48.6 Å². The van der Waals surface area contributed by atoms with Crippen LogP contribution >= 0.6 is 11.8 Å². The van der Waals surface area contributed by atoms with Crippen LogP contribution in [0.5, 0.6) is 0 Å². The van der Waals surface area contributed by atoms with Crippen LogP contribution in [-0.4, -0.2) is 65.3 Å². The van der Waals surface area contributed by atoms with Crippen LogP contribution < -0.4 is 0 Å². The fraction of sp³-hybridized carbons (Fsp3) is 0.524. The summed E-state index contributed by atoms with van der Waals surface area (Å²) in [6.45, 7) is 4.33. The number of carbonyl (C=O) groups excluding carboxylic acids is 4. The van der Waals surface area contributed by atoms with Crippen molar-refractivity contribution in [2.45, 2.75) is 63.3 Å². The van der Waals surface area contributed by atoms with Crippen molar-refractivity contribution in [2.24, 2.45) is 0 Å². The molecule has 1 fully saturated rings. The van der Waals surface area contributed by atoms with E-state index in [1.165, 1.54) is 19.1 Å². The van der Waals surface area contributed by atoms with E-state index in [-0.39, 0.29) is 18.0 Å². The van der Waals surface area contributed by atoms with Gasteiger partial charge in [0.25, 0.3) is 5.69 Å². The predicted octanol–water partition coefficient (Wildman–Crippen LogP) is 1.91. The standard InChI is InChI=1S/C21H25NO11S/c1-11(23)29-9-17-18(30-12(2)24)19(31-13(3)25)20(32-14(4)26)21(33-17)34-10-15-5-7-16(8-6-15)22(27)28/h5-8,17-21H,9-10H2,1-4H3. The number of carbonyl (C=O) groups is 4. The van der Waals surface area contributed by atoms with Gasteiger partial charge < -0.3 is 23.7 Å². The van der Waals surface area contributed by atoms with Gasteiger partial charge in [0.05, 0.1) is 4.92 Å². The normalized spacial score (nSPS) is 23.9. The lowest BCUT2D eigenvalue weighted by Crippen LogP contribution is -2.61. The molecule has 5 unspecified atom stereocenters. The van der Waals surface area contributed by atoms with Gasteiger partial charge in [-0.25, -0.2) is 0 Å². The molecule has 0 saturated carbocycles. The van der Waals surface area contributed by atoms with E-state index in [0.29, 0.717) is 5.56 Å². The number of hydrogen-bond donors (Lipinski definition) is 0. The van der Waals surface area contributed by atoms with Gasteiger partial charge in [0, 0.05) is 45.6 Å². The minimum atomic E-state index is -1.24. The van der Waals surface area contributed by atoms with Gasteiger partial charge in [-0.15, -0.1) is 11.8 Å². The second-order valence-corrected chi connectivity index (χ2v) is 8.39. The van der Waals surface area contributed by atoms with Gasteiger partial charge >= 0.3 is 23.9 Å². The highest BCUT2D eigenvalue weighted by Crippen LogP contribution is 2.35. The van der Waals surface area contributed by atoms with Crippen LogP contribution in [0.25, 0.3) is 0 Å². The lowest BCUT2D eigenvalue weighted by atomic mass is 9.99. The Morgan fingerprint density at radius 1 is 0.882 bits per heavy atom. The number of nitro benzene ring substituents is 1. The van der Waals surface area contributed by atoms with Crippen LogP contribution in [0.2, 0.25) is 0 Å². The maximum absolute atomic E-state index is 11.8. The van der Waals surface area contributed by atoms with Crippen molar-refractivity contribution in [3.05, 3.63) is 39.9 Å². The molecule has 1 aromatic carbocycles. The molecule has 0 bridgehead atoms. The van der Waals surface area contributed by atoms with Gasteiger partial charge in [-0.3, -0.25) is 29.3 Å². The molecule has 34 heavy (non-hydrogen) atoms. The van der Waals surface area contributed by atoms with Crippen molar-refractivity contribution in [3.63, 3.8) is 0 Å². The van der Waals surface area contributed by atoms with Crippen molar-refractivity contribution in [1.82, 2.24) is 0 Å². The molecule has 186 valence electrons. The second kappa shape index (κ2) is 12.3. The van der Waals surface area contributed by atoms with Gasteiger partial charge in [0.15, 0.2) is 18.3 Å². The summed E-state index contributed by atoms with van der Waals surface area (Å²) >= 11 is 1.16. The smallest absolute Gasteiger partial charge is 0.303 e. The molecule has 0 aliphatic carbocycles. The molecule has 0 radical (unpaired) electrons. The second-order valence-electron chi connectivity index (χ2n) is 7.30. The predicted molar refractivity (Wildman–Crippen MR) is 116 cm³/mol. The number of rotatable bonds is 9. The summed E-state index contributed by atoms with van der Waals surface area (Å²) in [6, 6.07) is 5.83. The molecule has 0 aromatic heterocycles. The largest absolute Gasteiger partial charge is 0.463 e. The summed E-state index contributed by atoms with van der Waals surface area (Å²) < 4.78 is 27.1. The Balaban J connectivity index is 2.34. The molecule has 1 aromatic rings. The van der Waals surface area contributed by atoms with E-state index in [4.69, 9.17) is 23.7 Å². The molecule has 2 rings (SSSR count). The maximum atomic E-state index is 11.8. The fourth-order valence-electron chi connectivity index (χ4n) is 3.22. The Bertz CT molecular complexity index is 920. The lowest BCUT2D eigenvalue weighted by molar-refractivity contribution is -0.384. The zero-order chi connectivity index (χ0) is 25.4. The first-order chi connectivity index (χ1) is 16.0. The van der Waals surface area contributed by atoms with Crippen LogP contribution in [0.1, 0.15) is 33.3 Å². The Morgan fingerprint density at radius 3 is 1.91 bits per heavy atom. The molecular formula is C21H25NO11S. The number of thioether (sulfide) groups is 1. The third-order valence-electron chi connectivity index (χ3n) is 4.51. The number of ether oxygens (including phenoxy) is 5. The van der Waals surface area contributed by atoms with E-state index in [1.54, 1.807) is 12.1 Å². The van der Waals surface area contributed by atoms with Crippen molar-refractivity contribution >= 4 is 41.3 Å². The minimum absolute atomic E-state index is 0.0685. The first-order valence-electron chi connectivity index (χ1n) is 10.1.